The van der Waals surface area contributed by atoms with Gasteiger partial charge in [-0.05, 0) is 18.9 Å². The van der Waals surface area contributed by atoms with Crippen LogP contribution in [0.4, 0.5) is 0 Å². The van der Waals surface area contributed by atoms with Gasteiger partial charge in [0.05, 0.1) is 0 Å². The molecule has 0 spiro atoms. The largest absolute Gasteiger partial charge is 0.356 e. The Labute approximate surface area is 163 Å². The first kappa shape index (κ1) is 20.8. The lowest BCUT2D eigenvalue weighted by atomic mass is 10.0. The van der Waals surface area contributed by atoms with Crippen LogP contribution in [0.1, 0.15) is 31.9 Å². The van der Waals surface area contributed by atoms with Crippen LogP contribution in [0.5, 0.6) is 0 Å². The average Bonchev–Trinajstić information content (AvgIpc) is 2.61. The quantitative estimate of drug-likeness (QED) is 0.331. The van der Waals surface area contributed by atoms with Gasteiger partial charge >= 0.3 is 0 Å². The molecule has 0 aliphatic carbocycles. The Morgan fingerprint density at radius 2 is 1.88 bits per heavy atom. The number of hydrogen-bond acceptors (Lipinski definition) is 2. The number of nitrogens with zero attached hydrogens (tertiary/aromatic N) is 3. The van der Waals surface area contributed by atoms with Crippen LogP contribution in [0.25, 0.3) is 0 Å². The van der Waals surface area contributed by atoms with Gasteiger partial charge in [0.2, 0.25) is 0 Å². The van der Waals surface area contributed by atoms with Gasteiger partial charge in [0.25, 0.3) is 0 Å². The van der Waals surface area contributed by atoms with E-state index in [1.165, 1.54) is 5.56 Å². The molecule has 24 heavy (non-hydrogen) atoms. The van der Waals surface area contributed by atoms with Crippen molar-refractivity contribution >= 4 is 29.9 Å². The summed E-state index contributed by atoms with van der Waals surface area (Å²) in [6, 6.07) is 11.3. The van der Waals surface area contributed by atoms with E-state index in [0.29, 0.717) is 12.6 Å². The maximum absolute atomic E-state index is 5.34. The number of terminal acetylenes is 1. The van der Waals surface area contributed by atoms with Crippen molar-refractivity contribution in [1.29, 1.82) is 0 Å². The predicted octanol–water partition coefficient (Wildman–Crippen LogP) is 2.97. The van der Waals surface area contributed by atoms with Crippen LogP contribution in [-0.2, 0) is 0 Å². The summed E-state index contributed by atoms with van der Waals surface area (Å²) >= 11 is 0. The van der Waals surface area contributed by atoms with Crippen molar-refractivity contribution in [3.05, 3.63) is 35.9 Å². The van der Waals surface area contributed by atoms with Gasteiger partial charge in [-0.15, -0.1) is 30.4 Å². The predicted molar refractivity (Wildman–Crippen MR) is 113 cm³/mol. The average molecular weight is 440 g/mol. The van der Waals surface area contributed by atoms with Crippen LogP contribution in [0.15, 0.2) is 35.3 Å². The first-order valence-electron chi connectivity index (χ1n) is 8.55. The molecule has 0 radical (unpaired) electrons. The Hall–Kier alpha value is -1.26. The van der Waals surface area contributed by atoms with E-state index in [1.54, 1.807) is 0 Å². The zero-order chi connectivity index (χ0) is 16.5. The van der Waals surface area contributed by atoms with Gasteiger partial charge in [-0.2, -0.15) is 0 Å². The number of aliphatic imine (C=N–C) groups is 1. The minimum atomic E-state index is 0. The summed E-state index contributed by atoms with van der Waals surface area (Å²) in [6.45, 7) is 9.73. The Bertz CT molecular complexity index is 530. The van der Waals surface area contributed by atoms with Crippen LogP contribution in [0, 0.1) is 12.3 Å². The third-order valence-electron chi connectivity index (χ3n) is 4.28. The smallest absolute Gasteiger partial charge is 0.194 e. The highest BCUT2D eigenvalue weighted by Gasteiger charge is 2.25. The molecule has 0 bridgehead atoms. The fourth-order valence-electron chi connectivity index (χ4n) is 3.17. The van der Waals surface area contributed by atoms with Gasteiger partial charge in [0.1, 0.15) is 6.54 Å². The molecule has 1 unspecified atom stereocenters. The van der Waals surface area contributed by atoms with E-state index in [4.69, 9.17) is 6.42 Å². The van der Waals surface area contributed by atoms with Crippen LogP contribution < -0.4 is 5.32 Å². The summed E-state index contributed by atoms with van der Waals surface area (Å²) in [7, 11) is 0. The van der Waals surface area contributed by atoms with Gasteiger partial charge in [-0.1, -0.05) is 43.2 Å². The molecular weight excluding hydrogens is 411 g/mol. The molecule has 0 saturated carbocycles. The van der Waals surface area contributed by atoms with E-state index < -0.39 is 0 Å². The second kappa shape index (κ2) is 11.3. The minimum absolute atomic E-state index is 0. The molecule has 1 aromatic rings. The molecule has 1 aliphatic rings. The molecule has 1 fully saturated rings. The molecule has 1 aromatic carbocycles. The maximum atomic E-state index is 5.34. The third kappa shape index (κ3) is 5.67. The fourth-order valence-corrected chi connectivity index (χ4v) is 3.17. The van der Waals surface area contributed by atoms with Crippen molar-refractivity contribution in [2.45, 2.75) is 26.3 Å². The lowest BCUT2D eigenvalue weighted by Crippen LogP contribution is -2.53. The van der Waals surface area contributed by atoms with Crippen molar-refractivity contribution < 1.29 is 0 Å². The minimum Gasteiger partial charge on any atom is -0.356 e. The first-order valence-corrected chi connectivity index (χ1v) is 8.55. The van der Waals surface area contributed by atoms with E-state index in [0.717, 1.165) is 45.1 Å². The van der Waals surface area contributed by atoms with Crippen molar-refractivity contribution in [2.75, 3.05) is 39.3 Å². The highest BCUT2D eigenvalue weighted by atomic mass is 127. The molecule has 1 aliphatic heterocycles. The number of benzene rings is 1. The number of rotatable bonds is 5. The standard InChI is InChI=1S/C19H28N4.HI/c1-4-12-21-19(20-6-3)23-15-13-22(14-16-23)18(5-2)17-10-8-7-9-11-17;/h1,7-11,18H,5-6,12-16H2,2-3H3,(H,20,21);1H. The highest BCUT2D eigenvalue weighted by Crippen LogP contribution is 2.25. The summed E-state index contributed by atoms with van der Waals surface area (Å²) in [5.74, 6) is 3.53. The van der Waals surface area contributed by atoms with Gasteiger partial charge in [0, 0.05) is 38.8 Å². The zero-order valence-corrected chi connectivity index (χ0v) is 17.1. The van der Waals surface area contributed by atoms with Crippen LogP contribution in [-0.4, -0.2) is 55.0 Å². The number of halogens is 1. The van der Waals surface area contributed by atoms with Crippen molar-refractivity contribution in [1.82, 2.24) is 15.1 Å². The van der Waals surface area contributed by atoms with Crippen LogP contribution in [0.3, 0.4) is 0 Å². The van der Waals surface area contributed by atoms with E-state index in [1.807, 2.05) is 0 Å². The lowest BCUT2D eigenvalue weighted by molar-refractivity contribution is 0.127. The molecule has 0 amide bonds. The third-order valence-corrected chi connectivity index (χ3v) is 4.28. The molecule has 2 rings (SSSR count). The number of piperazine rings is 1. The van der Waals surface area contributed by atoms with Gasteiger partial charge in [0.15, 0.2) is 5.96 Å². The van der Waals surface area contributed by atoms with Crippen LogP contribution >= 0.6 is 24.0 Å². The summed E-state index contributed by atoms with van der Waals surface area (Å²) in [6.07, 6.45) is 6.47. The first-order chi connectivity index (χ1) is 11.3. The molecule has 5 heteroatoms. The molecule has 1 atom stereocenters. The van der Waals surface area contributed by atoms with Crippen molar-refractivity contribution in [3.8, 4) is 12.3 Å². The number of guanidine groups is 1. The SMILES string of the molecule is C#CCN=C(NCC)N1CCN(C(CC)c2ccccc2)CC1.I. The zero-order valence-electron chi connectivity index (χ0n) is 14.7. The van der Waals surface area contributed by atoms with E-state index >= 15 is 0 Å². The highest BCUT2D eigenvalue weighted by molar-refractivity contribution is 14.0. The summed E-state index contributed by atoms with van der Waals surface area (Å²) < 4.78 is 0. The molecule has 1 N–H and O–H groups in total. The molecule has 132 valence electrons. The van der Waals surface area contributed by atoms with E-state index in [9.17, 15) is 0 Å². The van der Waals surface area contributed by atoms with Crippen LogP contribution in [0.2, 0.25) is 0 Å². The maximum Gasteiger partial charge on any atom is 0.194 e. The monoisotopic (exact) mass is 440 g/mol. The van der Waals surface area contributed by atoms with Gasteiger partial charge in [-0.25, -0.2) is 4.99 Å². The molecule has 4 nitrogen and oxygen atoms in total. The molecule has 0 aromatic heterocycles. The van der Waals surface area contributed by atoms with Crippen molar-refractivity contribution in [2.24, 2.45) is 4.99 Å². The van der Waals surface area contributed by atoms with Gasteiger partial charge < -0.3 is 10.2 Å². The van der Waals surface area contributed by atoms with Crippen molar-refractivity contribution in [3.63, 3.8) is 0 Å². The summed E-state index contributed by atoms with van der Waals surface area (Å²) in [4.78, 5) is 9.38. The summed E-state index contributed by atoms with van der Waals surface area (Å²) in [5.41, 5.74) is 1.41. The Morgan fingerprint density at radius 3 is 2.42 bits per heavy atom. The topological polar surface area (TPSA) is 30.9 Å². The molecule has 1 saturated heterocycles. The lowest BCUT2D eigenvalue weighted by Gasteiger charge is -2.40. The number of hydrogen-bond donors (Lipinski definition) is 1. The normalized spacial score (nSPS) is 16.9. The second-order valence-electron chi connectivity index (χ2n) is 5.73. The Kier molecular flexibility index (Phi) is 9.80. The number of nitrogens with one attached hydrogen (secondary N) is 1. The molecular formula is C19H29IN4. The second-order valence-corrected chi connectivity index (χ2v) is 5.73. The Balaban J connectivity index is 0.00000288. The van der Waals surface area contributed by atoms with E-state index in [2.05, 4.69) is 70.2 Å². The summed E-state index contributed by atoms with van der Waals surface area (Å²) in [5, 5.41) is 3.34. The fraction of sp³-hybridized carbons (Fsp3) is 0.526. The Morgan fingerprint density at radius 1 is 1.21 bits per heavy atom. The van der Waals surface area contributed by atoms with E-state index in [-0.39, 0.29) is 24.0 Å². The van der Waals surface area contributed by atoms with Gasteiger partial charge in [-0.3, -0.25) is 4.90 Å². The molecule has 1 heterocycles.